The number of piperidine rings is 1. The van der Waals surface area contributed by atoms with Crippen LogP contribution in [0.3, 0.4) is 0 Å². The third-order valence-corrected chi connectivity index (χ3v) is 9.16. The van der Waals surface area contributed by atoms with Gasteiger partial charge in [0.2, 0.25) is 5.91 Å². The fourth-order valence-corrected chi connectivity index (χ4v) is 7.04. The van der Waals surface area contributed by atoms with Crippen molar-refractivity contribution in [2.24, 2.45) is 41.1 Å². The van der Waals surface area contributed by atoms with Gasteiger partial charge in [-0.05, 0) is 30.7 Å². The Morgan fingerprint density at radius 3 is 2.57 bits per heavy atom. The molecular weight excluding hydrogens is 542 g/mol. The zero-order valence-electron chi connectivity index (χ0n) is 24.5. The number of amides is 4. The molecule has 6 N–H and O–H groups in total. The van der Waals surface area contributed by atoms with Crippen LogP contribution < -0.4 is 16.8 Å². The summed E-state index contributed by atoms with van der Waals surface area (Å²) < 4.78 is 17.5. The highest BCUT2D eigenvalue weighted by Gasteiger charge is 2.56. The number of likely N-dealkylation sites (tertiary alicyclic amines) is 1. The molecular formula is C30H45N5O7. The van der Waals surface area contributed by atoms with E-state index in [1.807, 2.05) is 44.2 Å². The minimum Gasteiger partial charge on any atom is -0.445 e. The van der Waals surface area contributed by atoms with Gasteiger partial charge in [-0.25, -0.2) is 9.59 Å². The first-order valence-corrected chi connectivity index (χ1v) is 15.1. The van der Waals surface area contributed by atoms with Crippen LogP contribution in [-0.2, 0) is 25.4 Å². The van der Waals surface area contributed by atoms with Crippen molar-refractivity contribution in [2.75, 3.05) is 39.4 Å². The number of aliphatic hydroxyl groups excluding tert-OH is 1. The molecule has 1 saturated carbocycles. The molecule has 7 unspecified atom stereocenters. The van der Waals surface area contributed by atoms with E-state index in [1.54, 1.807) is 9.80 Å². The first-order valence-electron chi connectivity index (χ1n) is 15.1. The molecule has 1 aliphatic carbocycles. The fourth-order valence-electron chi connectivity index (χ4n) is 7.04. The van der Waals surface area contributed by atoms with Crippen molar-refractivity contribution in [1.82, 2.24) is 15.1 Å². The summed E-state index contributed by atoms with van der Waals surface area (Å²) in [6.07, 6.45) is -0.537. The van der Waals surface area contributed by atoms with Gasteiger partial charge < -0.3 is 45.9 Å². The van der Waals surface area contributed by atoms with Gasteiger partial charge in [0.25, 0.3) is 0 Å². The lowest BCUT2D eigenvalue weighted by atomic mass is 9.92. The number of nitrogens with two attached hydrogens (primary N) is 2. The molecule has 3 heterocycles. The molecule has 1 aromatic carbocycles. The van der Waals surface area contributed by atoms with Crippen molar-refractivity contribution < 1.29 is 33.7 Å². The van der Waals surface area contributed by atoms with Gasteiger partial charge in [0.1, 0.15) is 6.10 Å². The summed E-state index contributed by atoms with van der Waals surface area (Å²) >= 11 is 0. The van der Waals surface area contributed by atoms with Crippen molar-refractivity contribution >= 4 is 18.0 Å². The topological polar surface area (TPSA) is 170 Å². The highest BCUT2D eigenvalue weighted by molar-refractivity contribution is 5.79. The van der Waals surface area contributed by atoms with Gasteiger partial charge in [0.05, 0.1) is 37.8 Å². The predicted molar refractivity (Wildman–Crippen MR) is 153 cm³/mol. The SMILES string of the molecule is CC(C)CN(C[C@@H](O)[C@H](Cc1ccccc1)NC(=O)OC1C2COC3OCC1C3C2)C(=O)N1CCC(C(N)=O)C(N)C1. The Hall–Kier alpha value is -2.93. The number of aliphatic hydroxyl groups is 1. The van der Waals surface area contributed by atoms with Gasteiger partial charge in [-0.2, -0.15) is 0 Å². The van der Waals surface area contributed by atoms with Crippen molar-refractivity contribution in [3.05, 3.63) is 35.9 Å². The van der Waals surface area contributed by atoms with Gasteiger partial charge in [0, 0.05) is 43.4 Å². The molecule has 3 saturated heterocycles. The van der Waals surface area contributed by atoms with Crippen LogP contribution in [0.1, 0.15) is 32.3 Å². The van der Waals surface area contributed by atoms with Gasteiger partial charge in [-0.15, -0.1) is 0 Å². The molecule has 42 heavy (non-hydrogen) atoms. The molecule has 2 bridgehead atoms. The number of primary amides is 1. The van der Waals surface area contributed by atoms with E-state index in [1.165, 1.54) is 0 Å². The minimum atomic E-state index is -1.08. The number of alkyl carbamates (subject to hydrolysis) is 1. The zero-order valence-corrected chi connectivity index (χ0v) is 24.5. The van der Waals surface area contributed by atoms with Crippen molar-refractivity contribution in [3.63, 3.8) is 0 Å². The summed E-state index contributed by atoms with van der Waals surface area (Å²) in [6.45, 7) is 5.94. The quantitative estimate of drug-likeness (QED) is 0.313. The third kappa shape index (κ3) is 6.82. The molecule has 12 heteroatoms. The van der Waals surface area contributed by atoms with Crippen molar-refractivity contribution in [3.8, 4) is 0 Å². The van der Waals surface area contributed by atoms with Gasteiger partial charge in [-0.1, -0.05) is 44.2 Å². The highest BCUT2D eigenvalue weighted by atomic mass is 16.7. The summed E-state index contributed by atoms with van der Waals surface area (Å²) in [6, 6.07) is 8.05. The number of nitrogens with one attached hydrogen (secondary N) is 1. The highest BCUT2D eigenvalue weighted by Crippen LogP contribution is 2.49. The van der Waals surface area contributed by atoms with Crippen molar-refractivity contribution in [2.45, 2.75) is 63.7 Å². The fraction of sp³-hybridized carbons (Fsp3) is 0.700. The second-order valence-electron chi connectivity index (χ2n) is 12.7. The van der Waals surface area contributed by atoms with Gasteiger partial charge >= 0.3 is 12.1 Å². The molecule has 9 atom stereocenters. The number of hydrogen-bond donors (Lipinski definition) is 4. The van der Waals surface area contributed by atoms with Gasteiger partial charge in [-0.3, -0.25) is 4.79 Å². The molecule has 5 rings (SSSR count). The molecule has 0 aromatic heterocycles. The lowest BCUT2D eigenvalue weighted by molar-refractivity contribution is -0.169. The van der Waals surface area contributed by atoms with E-state index in [-0.39, 0.29) is 55.2 Å². The monoisotopic (exact) mass is 587 g/mol. The van der Waals surface area contributed by atoms with E-state index < -0.39 is 36.1 Å². The number of fused-ring (bicyclic) bond motifs is 1. The smallest absolute Gasteiger partial charge is 0.407 e. The number of hydrogen-bond acceptors (Lipinski definition) is 8. The second-order valence-corrected chi connectivity index (χ2v) is 12.7. The van der Waals surface area contributed by atoms with E-state index in [9.17, 15) is 19.5 Å². The lowest BCUT2D eigenvalue weighted by Gasteiger charge is -2.39. The number of benzene rings is 1. The Kier molecular flexibility index (Phi) is 9.56. The first kappa shape index (κ1) is 30.5. The number of nitrogens with zero attached hydrogens (tertiary/aromatic N) is 2. The summed E-state index contributed by atoms with van der Waals surface area (Å²) in [5.41, 5.74) is 12.6. The van der Waals surface area contributed by atoms with E-state index in [0.29, 0.717) is 39.1 Å². The Balaban J connectivity index is 1.27. The van der Waals surface area contributed by atoms with Crippen LogP contribution >= 0.6 is 0 Å². The zero-order chi connectivity index (χ0) is 30.0. The molecule has 3 aliphatic heterocycles. The number of rotatable bonds is 10. The second kappa shape index (κ2) is 13.2. The Bertz CT molecular complexity index is 1110. The van der Waals surface area contributed by atoms with Crippen LogP contribution in [0.15, 0.2) is 30.3 Å². The average molecular weight is 588 g/mol. The normalized spacial score (nSPS) is 31.5. The van der Waals surface area contributed by atoms with Crippen LogP contribution in [0.4, 0.5) is 9.59 Å². The molecule has 0 spiro atoms. The van der Waals surface area contributed by atoms with E-state index >= 15 is 0 Å². The van der Waals surface area contributed by atoms with E-state index in [2.05, 4.69) is 5.32 Å². The Labute approximate surface area is 247 Å². The molecule has 0 radical (unpaired) electrons. The average Bonchev–Trinajstić information content (AvgIpc) is 3.48. The Morgan fingerprint density at radius 2 is 1.88 bits per heavy atom. The predicted octanol–water partition coefficient (Wildman–Crippen LogP) is 0.905. The van der Waals surface area contributed by atoms with E-state index in [0.717, 1.165) is 12.0 Å². The summed E-state index contributed by atoms with van der Waals surface area (Å²) in [7, 11) is 0. The van der Waals surface area contributed by atoms with Crippen LogP contribution in [0.2, 0.25) is 0 Å². The summed E-state index contributed by atoms with van der Waals surface area (Å²) in [5.74, 6) is -0.326. The minimum absolute atomic E-state index is 0.000107. The number of ether oxygens (including phenoxy) is 3. The molecule has 12 nitrogen and oxygen atoms in total. The third-order valence-electron chi connectivity index (χ3n) is 9.16. The largest absolute Gasteiger partial charge is 0.445 e. The van der Waals surface area contributed by atoms with Crippen LogP contribution in [0, 0.1) is 29.6 Å². The lowest BCUT2D eigenvalue weighted by Crippen LogP contribution is -2.58. The van der Waals surface area contributed by atoms with Crippen LogP contribution in [-0.4, -0.2) is 103 Å². The first-order chi connectivity index (χ1) is 20.1. The number of urea groups is 1. The molecule has 232 valence electrons. The number of carbonyl (C=O) groups is 3. The van der Waals surface area contributed by atoms with Crippen molar-refractivity contribution in [1.29, 1.82) is 0 Å². The molecule has 4 amide bonds. The maximum Gasteiger partial charge on any atom is 0.407 e. The molecule has 4 fully saturated rings. The van der Waals surface area contributed by atoms with E-state index in [4.69, 9.17) is 25.7 Å². The standard InChI is InChI=1S/C30H45N5O7/c1-17(2)12-35(30(39)34-9-8-20(27(32)37)23(31)13-34)14-25(36)24(10-18-6-4-3-5-7-18)33-29(38)42-26-19-11-21-22(26)16-41-28(21)40-15-19/h3-7,17,19-26,28,36H,8-16,31H2,1-2H3,(H2,32,37)(H,33,38)/t19?,20?,21?,22?,23?,24-,25+,26?,28?/m0/s1. The van der Waals surface area contributed by atoms with Crippen LogP contribution in [0.5, 0.6) is 0 Å². The number of carbonyl (C=O) groups excluding carboxylic acids is 3. The molecule has 4 aliphatic rings. The summed E-state index contributed by atoms with van der Waals surface area (Å²) in [5, 5.41) is 14.4. The summed E-state index contributed by atoms with van der Waals surface area (Å²) in [4.78, 5) is 41.8. The van der Waals surface area contributed by atoms with Gasteiger partial charge in [0.15, 0.2) is 6.29 Å². The maximum atomic E-state index is 13.6. The Morgan fingerprint density at radius 1 is 1.14 bits per heavy atom. The maximum absolute atomic E-state index is 13.6. The molecule has 1 aromatic rings. The van der Waals surface area contributed by atoms with Crippen LogP contribution in [0.25, 0.3) is 0 Å².